The molecule has 6 nitrogen and oxygen atoms in total. The van der Waals surface area contributed by atoms with E-state index in [4.69, 9.17) is 10.5 Å². The first-order valence-corrected chi connectivity index (χ1v) is 6.37. The number of nitro groups is 1. The molecule has 1 aliphatic carbocycles. The van der Waals surface area contributed by atoms with Crippen LogP contribution in [0.15, 0.2) is 18.2 Å². The zero-order chi connectivity index (χ0) is 13.8. The summed E-state index contributed by atoms with van der Waals surface area (Å²) in [6, 6.07) is 5.56. The Kier molecular flexibility index (Phi) is 4.34. The highest BCUT2D eigenvalue weighted by Gasteiger charge is 2.28. The van der Waals surface area contributed by atoms with Crippen molar-refractivity contribution in [1.82, 2.24) is 4.90 Å². The van der Waals surface area contributed by atoms with Crippen LogP contribution in [-0.2, 0) is 11.3 Å². The molecule has 0 aromatic heterocycles. The summed E-state index contributed by atoms with van der Waals surface area (Å²) in [5.41, 5.74) is 6.91. The Morgan fingerprint density at radius 1 is 1.53 bits per heavy atom. The number of benzene rings is 1. The van der Waals surface area contributed by atoms with E-state index >= 15 is 0 Å². The summed E-state index contributed by atoms with van der Waals surface area (Å²) < 4.78 is 5.11. The number of nitrogens with zero attached hydrogens (tertiary/aromatic N) is 2. The lowest BCUT2D eigenvalue weighted by Gasteiger charge is -2.21. The van der Waals surface area contributed by atoms with Crippen molar-refractivity contribution in [2.45, 2.75) is 25.4 Å². The molecule has 0 amide bonds. The molecule has 1 aliphatic rings. The van der Waals surface area contributed by atoms with Crippen molar-refractivity contribution in [2.75, 3.05) is 26.0 Å². The number of ether oxygens (including phenoxy) is 1. The number of methoxy groups -OCH3 is 1. The van der Waals surface area contributed by atoms with Crippen LogP contribution in [-0.4, -0.2) is 36.1 Å². The Labute approximate surface area is 112 Å². The predicted molar refractivity (Wildman–Crippen MR) is 72.8 cm³/mol. The van der Waals surface area contributed by atoms with Crippen molar-refractivity contribution >= 4 is 11.4 Å². The summed E-state index contributed by atoms with van der Waals surface area (Å²) in [4.78, 5) is 12.6. The van der Waals surface area contributed by atoms with Crippen LogP contribution >= 0.6 is 0 Å². The average molecular weight is 265 g/mol. The van der Waals surface area contributed by atoms with Gasteiger partial charge in [0.25, 0.3) is 5.69 Å². The smallest absolute Gasteiger partial charge is 0.292 e. The molecule has 0 spiro atoms. The summed E-state index contributed by atoms with van der Waals surface area (Å²) in [7, 11) is 1.69. The van der Waals surface area contributed by atoms with E-state index in [0.29, 0.717) is 12.6 Å². The summed E-state index contributed by atoms with van der Waals surface area (Å²) in [6.45, 7) is 2.33. The quantitative estimate of drug-likeness (QED) is 0.461. The predicted octanol–water partition coefficient (Wildman–Crippen LogP) is 1.79. The molecule has 0 bridgehead atoms. The van der Waals surface area contributed by atoms with Crippen LogP contribution in [0, 0.1) is 10.1 Å². The van der Waals surface area contributed by atoms with E-state index in [1.54, 1.807) is 19.2 Å². The Morgan fingerprint density at radius 3 is 2.79 bits per heavy atom. The van der Waals surface area contributed by atoms with Crippen LogP contribution in [0.25, 0.3) is 0 Å². The highest BCUT2D eigenvalue weighted by atomic mass is 16.6. The highest BCUT2D eigenvalue weighted by Crippen LogP contribution is 2.29. The van der Waals surface area contributed by atoms with Crippen LogP contribution in [0.3, 0.4) is 0 Å². The maximum atomic E-state index is 10.7. The normalized spacial score (nSPS) is 14.8. The number of nitro benzene ring substituents is 1. The van der Waals surface area contributed by atoms with Crippen molar-refractivity contribution in [3.8, 4) is 0 Å². The first-order chi connectivity index (χ1) is 9.11. The summed E-state index contributed by atoms with van der Waals surface area (Å²) >= 11 is 0. The summed E-state index contributed by atoms with van der Waals surface area (Å²) in [5, 5.41) is 10.7. The van der Waals surface area contributed by atoms with E-state index in [1.807, 2.05) is 0 Å². The number of rotatable bonds is 7. The molecule has 1 aromatic rings. The topological polar surface area (TPSA) is 81.6 Å². The van der Waals surface area contributed by atoms with E-state index in [9.17, 15) is 10.1 Å². The molecule has 2 rings (SSSR count). The van der Waals surface area contributed by atoms with Gasteiger partial charge in [-0.05, 0) is 24.5 Å². The van der Waals surface area contributed by atoms with Gasteiger partial charge in [-0.15, -0.1) is 0 Å². The zero-order valence-electron chi connectivity index (χ0n) is 11.0. The van der Waals surface area contributed by atoms with Gasteiger partial charge in [0.05, 0.1) is 11.5 Å². The largest absolute Gasteiger partial charge is 0.393 e. The first kappa shape index (κ1) is 13.8. The first-order valence-electron chi connectivity index (χ1n) is 6.37. The van der Waals surface area contributed by atoms with Gasteiger partial charge >= 0.3 is 0 Å². The molecule has 0 aliphatic heterocycles. The zero-order valence-corrected chi connectivity index (χ0v) is 11.0. The molecule has 1 saturated carbocycles. The molecule has 1 fully saturated rings. The second-order valence-electron chi connectivity index (χ2n) is 4.84. The van der Waals surface area contributed by atoms with Crippen LogP contribution in [0.5, 0.6) is 0 Å². The second kappa shape index (κ2) is 5.99. The molecule has 2 N–H and O–H groups in total. The van der Waals surface area contributed by atoms with Crippen LogP contribution in [0.2, 0.25) is 0 Å². The standard InChI is InChI=1S/C13H19N3O3/c1-19-7-6-15(11-3-4-11)9-10-2-5-13(16(17)18)12(14)8-10/h2,5,8,11H,3-4,6-7,9,14H2,1H3. The van der Waals surface area contributed by atoms with Crippen LogP contribution in [0.4, 0.5) is 11.4 Å². The minimum atomic E-state index is -0.456. The van der Waals surface area contributed by atoms with Gasteiger partial charge < -0.3 is 10.5 Å². The van der Waals surface area contributed by atoms with Crippen molar-refractivity contribution in [3.63, 3.8) is 0 Å². The molecule has 1 aromatic carbocycles. The van der Waals surface area contributed by atoms with Gasteiger partial charge in [-0.25, -0.2) is 0 Å². The Balaban J connectivity index is 2.04. The Hall–Kier alpha value is -1.66. The fourth-order valence-corrected chi connectivity index (χ4v) is 2.14. The van der Waals surface area contributed by atoms with Gasteiger partial charge in [0.15, 0.2) is 0 Å². The lowest BCUT2D eigenvalue weighted by molar-refractivity contribution is -0.383. The SMILES string of the molecule is COCCN(Cc1ccc([N+](=O)[O-])c(N)c1)C1CC1. The van der Waals surface area contributed by atoms with Gasteiger partial charge in [0, 0.05) is 32.3 Å². The van der Waals surface area contributed by atoms with Crippen molar-refractivity contribution in [2.24, 2.45) is 0 Å². The average Bonchev–Trinajstić information content (AvgIpc) is 3.18. The minimum Gasteiger partial charge on any atom is -0.393 e. The molecule has 0 unspecified atom stereocenters. The van der Waals surface area contributed by atoms with Crippen LogP contribution < -0.4 is 5.73 Å². The third-order valence-electron chi connectivity index (χ3n) is 3.32. The third-order valence-corrected chi connectivity index (χ3v) is 3.32. The van der Waals surface area contributed by atoms with E-state index < -0.39 is 4.92 Å². The third kappa shape index (κ3) is 3.65. The lowest BCUT2D eigenvalue weighted by atomic mass is 10.1. The number of nitrogens with two attached hydrogens (primary N) is 1. The number of anilines is 1. The molecule has 0 radical (unpaired) electrons. The number of hydrogen-bond donors (Lipinski definition) is 1. The van der Waals surface area contributed by atoms with Gasteiger partial charge in [0.2, 0.25) is 0 Å². The van der Waals surface area contributed by atoms with E-state index in [0.717, 1.165) is 18.7 Å². The summed E-state index contributed by atoms with van der Waals surface area (Å²) in [5.74, 6) is 0. The summed E-state index contributed by atoms with van der Waals surface area (Å²) in [6.07, 6.45) is 2.43. The van der Waals surface area contributed by atoms with Gasteiger partial charge in [-0.3, -0.25) is 15.0 Å². The number of hydrogen-bond acceptors (Lipinski definition) is 5. The van der Waals surface area contributed by atoms with Crippen molar-refractivity contribution < 1.29 is 9.66 Å². The van der Waals surface area contributed by atoms with Gasteiger partial charge in [0.1, 0.15) is 5.69 Å². The van der Waals surface area contributed by atoms with Crippen molar-refractivity contribution in [3.05, 3.63) is 33.9 Å². The maximum Gasteiger partial charge on any atom is 0.292 e. The molecule has 19 heavy (non-hydrogen) atoms. The monoisotopic (exact) mass is 265 g/mol. The fraction of sp³-hybridized carbons (Fsp3) is 0.538. The molecule has 0 saturated heterocycles. The molecule has 0 heterocycles. The fourth-order valence-electron chi connectivity index (χ4n) is 2.14. The minimum absolute atomic E-state index is 0.0291. The molecule has 104 valence electrons. The second-order valence-corrected chi connectivity index (χ2v) is 4.84. The van der Waals surface area contributed by atoms with E-state index in [1.165, 1.54) is 18.9 Å². The van der Waals surface area contributed by atoms with Gasteiger partial charge in [-0.1, -0.05) is 6.07 Å². The lowest BCUT2D eigenvalue weighted by Crippen LogP contribution is -2.29. The molecular formula is C13H19N3O3. The maximum absolute atomic E-state index is 10.7. The molecule has 0 atom stereocenters. The highest BCUT2D eigenvalue weighted by molar-refractivity contribution is 5.59. The van der Waals surface area contributed by atoms with Gasteiger partial charge in [-0.2, -0.15) is 0 Å². The number of nitrogen functional groups attached to an aromatic ring is 1. The molecular weight excluding hydrogens is 246 g/mol. The Bertz CT molecular complexity index is 460. The van der Waals surface area contributed by atoms with E-state index in [2.05, 4.69) is 4.90 Å². The van der Waals surface area contributed by atoms with E-state index in [-0.39, 0.29) is 11.4 Å². The Morgan fingerprint density at radius 2 is 2.26 bits per heavy atom. The van der Waals surface area contributed by atoms with Crippen LogP contribution in [0.1, 0.15) is 18.4 Å². The van der Waals surface area contributed by atoms with Crippen molar-refractivity contribution in [1.29, 1.82) is 0 Å². The molecule has 6 heteroatoms.